The quantitative estimate of drug-likeness (QED) is 0.863. The third-order valence-electron chi connectivity index (χ3n) is 4.51. The van der Waals surface area contributed by atoms with Gasteiger partial charge in [-0.05, 0) is 36.9 Å². The van der Waals surface area contributed by atoms with E-state index in [1.165, 1.54) is 12.1 Å². The van der Waals surface area contributed by atoms with Crippen molar-refractivity contribution in [2.24, 2.45) is 0 Å². The van der Waals surface area contributed by atoms with Crippen molar-refractivity contribution in [1.29, 1.82) is 0 Å². The van der Waals surface area contributed by atoms with Crippen molar-refractivity contribution in [2.45, 2.75) is 11.4 Å². The molecule has 0 atom stereocenters. The average Bonchev–Trinajstić information content (AvgIpc) is 2.67. The van der Waals surface area contributed by atoms with Crippen molar-refractivity contribution in [2.75, 3.05) is 33.2 Å². The molecule has 0 bridgehead atoms. The van der Waals surface area contributed by atoms with E-state index in [-0.39, 0.29) is 17.3 Å². The molecule has 138 valence electrons. The van der Waals surface area contributed by atoms with Crippen LogP contribution in [0.4, 0.5) is 0 Å². The lowest BCUT2D eigenvalue weighted by Crippen LogP contribution is -2.47. The van der Waals surface area contributed by atoms with Crippen LogP contribution in [0.5, 0.6) is 0 Å². The van der Waals surface area contributed by atoms with E-state index in [2.05, 4.69) is 9.62 Å². The maximum Gasteiger partial charge on any atom is 0.253 e. The first-order valence-electron chi connectivity index (χ1n) is 8.57. The fourth-order valence-electron chi connectivity index (χ4n) is 2.83. The number of hydrogen-bond acceptors (Lipinski definition) is 4. The largest absolute Gasteiger partial charge is 0.336 e. The summed E-state index contributed by atoms with van der Waals surface area (Å²) >= 11 is 0. The summed E-state index contributed by atoms with van der Waals surface area (Å²) in [6.45, 7) is 3.30. The van der Waals surface area contributed by atoms with Crippen molar-refractivity contribution >= 4 is 15.9 Å². The smallest absolute Gasteiger partial charge is 0.253 e. The molecule has 1 N–H and O–H groups in total. The molecule has 3 rings (SSSR count). The van der Waals surface area contributed by atoms with Gasteiger partial charge in [0.15, 0.2) is 0 Å². The third kappa shape index (κ3) is 4.49. The van der Waals surface area contributed by atoms with E-state index < -0.39 is 10.0 Å². The number of nitrogens with zero attached hydrogens (tertiary/aromatic N) is 2. The first-order valence-corrected chi connectivity index (χ1v) is 10.1. The molecule has 7 heteroatoms. The molecule has 0 aromatic heterocycles. The normalized spacial score (nSPS) is 15.8. The van der Waals surface area contributed by atoms with Gasteiger partial charge in [-0.3, -0.25) is 4.79 Å². The predicted molar refractivity (Wildman–Crippen MR) is 100 cm³/mol. The summed E-state index contributed by atoms with van der Waals surface area (Å²) in [5.74, 6) is -0.0562. The first-order chi connectivity index (χ1) is 12.5. The summed E-state index contributed by atoms with van der Waals surface area (Å²) in [5.41, 5.74) is 1.40. The van der Waals surface area contributed by atoms with Crippen molar-refractivity contribution in [3.63, 3.8) is 0 Å². The van der Waals surface area contributed by atoms with Gasteiger partial charge in [0.25, 0.3) is 5.91 Å². The lowest BCUT2D eigenvalue weighted by molar-refractivity contribution is 0.0664. The molecule has 0 saturated carbocycles. The second-order valence-electron chi connectivity index (χ2n) is 6.43. The Morgan fingerprint density at radius 1 is 0.962 bits per heavy atom. The highest BCUT2D eigenvalue weighted by molar-refractivity contribution is 7.89. The molecule has 0 radical (unpaired) electrons. The van der Waals surface area contributed by atoms with Crippen molar-refractivity contribution < 1.29 is 13.2 Å². The fraction of sp³-hybridized carbons (Fsp3) is 0.316. The number of likely N-dealkylation sites (N-methyl/N-ethyl adjacent to an activating group) is 1. The van der Waals surface area contributed by atoms with Gasteiger partial charge in [0.05, 0.1) is 4.90 Å². The van der Waals surface area contributed by atoms with Gasteiger partial charge in [-0.25, -0.2) is 13.1 Å². The molecule has 2 aromatic carbocycles. The lowest BCUT2D eigenvalue weighted by atomic mass is 10.2. The molecule has 1 saturated heterocycles. The number of carbonyl (C=O) groups is 1. The zero-order valence-electron chi connectivity index (χ0n) is 14.8. The topological polar surface area (TPSA) is 69.7 Å². The van der Waals surface area contributed by atoms with E-state index in [1.807, 2.05) is 37.4 Å². The Bertz CT molecular complexity index is 843. The Hall–Kier alpha value is -2.22. The number of rotatable bonds is 5. The van der Waals surface area contributed by atoms with E-state index in [4.69, 9.17) is 0 Å². The standard InChI is InChI=1S/C19H23N3O3S/c1-21-11-13-22(14-12-21)19(23)17-7-9-18(10-8-17)26(24,25)20-15-16-5-3-2-4-6-16/h2-10,20H,11-15H2,1H3. The van der Waals surface area contributed by atoms with E-state index in [1.54, 1.807) is 17.0 Å². The fourth-order valence-corrected chi connectivity index (χ4v) is 3.84. The minimum atomic E-state index is -3.61. The van der Waals surface area contributed by atoms with Crippen molar-refractivity contribution in [1.82, 2.24) is 14.5 Å². The van der Waals surface area contributed by atoms with E-state index >= 15 is 0 Å². The van der Waals surface area contributed by atoms with Crippen molar-refractivity contribution in [3.05, 3.63) is 65.7 Å². The SMILES string of the molecule is CN1CCN(C(=O)c2ccc(S(=O)(=O)NCc3ccccc3)cc2)CC1. The average molecular weight is 373 g/mol. The summed E-state index contributed by atoms with van der Waals surface area (Å²) in [6.07, 6.45) is 0. The molecule has 6 nitrogen and oxygen atoms in total. The molecule has 1 aliphatic rings. The lowest BCUT2D eigenvalue weighted by Gasteiger charge is -2.32. The summed E-state index contributed by atoms with van der Waals surface area (Å²) in [7, 11) is -1.58. The molecule has 2 aromatic rings. The first kappa shape index (κ1) is 18.6. The van der Waals surface area contributed by atoms with Gasteiger partial charge < -0.3 is 9.80 Å². The summed E-state index contributed by atoms with van der Waals surface area (Å²) in [4.78, 5) is 16.7. The number of amides is 1. The Morgan fingerprint density at radius 2 is 1.58 bits per heavy atom. The van der Waals surface area contributed by atoms with Crippen molar-refractivity contribution in [3.8, 4) is 0 Å². The van der Waals surface area contributed by atoms with Crippen LogP contribution in [0.2, 0.25) is 0 Å². The second-order valence-corrected chi connectivity index (χ2v) is 8.20. The van der Waals surface area contributed by atoms with Gasteiger partial charge in [-0.1, -0.05) is 30.3 Å². The van der Waals surface area contributed by atoms with Crippen LogP contribution < -0.4 is 4.72 Å². The number of benzene rings is 2. The third-order valence-corrected chi connectivity index (χ3v) is 5.93. The van der Waals surface area contributed by atoms with E-state index in [9.17, 15) is 13.2 Å². The maximum atomic E-state index is 12.5. The molecule has 1 fully saturated rings. The van der Waals surface area contributed by atoms with Gasteiger partial charge in [0.2, 0.25) is 10.0 Å². The Balaban J connectivity index is 1.65. The van der Waals surface area contributed by atoms with Crippen LogP contribution in [0, 0.1) is 0 Å². The Morgan fingerprint density at radius 3 is 2.19 bits per heavy atom. The number of nitrogens with one attached hydrogen (secondary N) is 1. The highest BCUT2D eigenvalue weighted by Gasteiger charge is 2.21. The van der Waals surface area contributed by atoms with E-state index in [0.717, 1.165) is 18.7 Å². The monoisotopic (exact) mass is 373 g/mol. The van der Waals surface area contributed by atoms with Crippen LogP contribution in [0.25, 0.3) is 0 Å². The molecular formula is C19H23N3O3S. The maximum absolute atomic E-state index is 12.5. The van der Waals surface area contributed by atoms with Crippen LogP contribution in [0.3, 0.4) is 0 Å². The van der Waals surface area contributed by atoms with E-state index in [0.29, 0.717) is 18.7 Å². The molecular weight excluding hydrogens is 350 g/mol. The van der Waals surface area contributed by atoms with Gasteiger partial charge in [0.1, 0.15) is 0 Å². The zero-order valence-corrected chi connectivity index (χ0v) is 15.6. The molecule has 1 amide bonds. The van der Waals surface area contributed by atoms with Crippen LogP contribution >= 0.6 is 0 Å². The second kappa shape index (κ2) is 7.99. The molecule has 0 aliphatic carbocycles. The predicted octanol–water partition coefficient (Wildman–Crippen LogP) is 1.55. The van der Waals surface area contributed by atoms with Gasteiger partial charge in [-0.2, -0.15) is 0 Å². The minimum Gasteiger partial charge on any atom is -0.336 e. The van der Waals surface area contributed by atoms with Crippen LogP contribution in [-0.2, 0) is 16.6 Å². The number of hydrogen-bond donors (Lipinski definition) is 1. The summed E-state index contributed by atoms with van der Waals surface area (Å²) in [5, 5.41) is 0. The van der Waals surface area contributed by atoms with Gasteiger partial charge >= 0.3 is 0 Å². The highest BCUT2D eigenvalue weighted by Crippen LogP contribution is 2.14. The number of sulfonamides is 1. The number of carbonyl (C=O) groups excluding carboxylic acids is 1. The molecule has 0 spiro atoms. The Kier molecular flexibility index (Phi) is 5.70. The zero-order chi connectivity index (χ0) is 18.6. The Labute approximate surface area is 154 Å². The summed E-state index contributed by atoms with van der Waals surface area (Å²) < 4.78 is 27.4. The van der Waals surface area contributed by atoms with Crippen LogP contribution in [-0.4, -0.2) is 57.4 Å². The molecule has 26 heavy (non-hydrogen) atoms. The summed E-state index contributed by atoms with van der Waals surface area (Å²) in [6, 6.07) is 15.5. The van der Waals surface area contributed by atoms with Gasteiger partial charge in [-0.15, -0.1) is 0 Å². The van der Waals surface area contributed by atoms with Gasteiger partial charge in [0, 0.05) is 38.3 Å². The molecule has 1 aliphatic heterocycles. The van der Waals surface area contributed by atoms with Crippen LogP contribution in [0.1, 0.15) is 15.9 Å². The molecule has 1 heterocycles. The minimum absolute atomic E-state index is 0.0562. The number of piperazine rings is 1. The molecule has 0 unspecified atom stereocenters. The highest BCUT2D eigenvalue weighted by atomic mass is 32.2. The van der Waals surface area contributed by atoms with Crippen LogP contribution in [0.15, 0.2) is 59.5 Å².